The lowest BCUT2D eigenvalue weighted by atomic mass is 10.3. The molecular weight excluding hydrogens is 335 g/mol. The van der Waals surface area contributed by atoms with E-state index in [1.165, 1.54) is 35.6 Å². The lowest BCUT2D eigenvalue weighted by molar-refractivity contribution is -0.142. The number of nitrogens with one attached hydrogen (secondary N) is 1. The highest BCUT2D eigenvalue weighted by atomic mass is 32.1. The molecule has 24 heavy (non-hydrogen) atoms. The fourth-order valence-electron chi connectivity index (χ4n) is 1.78. The Balaban J connectivity index is 1.73. The first-order chi connectivity index (χ1) is 11.6. The van der Waals surface area contributed by atoms with E-state index in [9.17, 15) is 14.0 Å². The first kappa shape index (κ1) is 17.9. The Kier molecular flexibility index (Phi) is 6.68. The summed E-state index contributed by atoms with van der Waals surface area (Å²) in [5.41, 5.74) is 0.552. The summed E-state index contributed by atoms with van der Waals surface area (Å²) >= 11 is 1.24. The Morgan fingerprint density at radius 1 is 1.29 bits per heavy atom. The summed E-state index contributed by atoms with van der Waals surface area (Å²) in [5, 5.41) is 4.75. The number of esters is 1. The molecule has 0 aliphatic rings. The zero-order valence-corrected chi connectivity index (χ0v) is 13.9. The highest BCUT2D eigenvalue weighted by Crippen LogP contribution is 2.16. The monoisotopic (exact) mass is 352 g/mol. The molecule has 0 spiro atoms. The van der Waals surface area contributed by atoms with E-state index in [4.69, 9.17) is 9.47 Å². The number of thiazole rings is 1. The molecular formula is C16H17FN2O4S. The molecule has 2 aromatic rings. The third-order valence-electron chi connectivity index (χ3n) is 2.84. The molecule has 0 aliphatic heterocycles. The largest absolute Gasteiger partial charge is 0.493 e. The highest BCUT2D eigenvalue weighted by molar-refractivity contribution is 7.13. The summed E-state index contributed by atoms with van der Waals surface area (Å²) in [7, 11) is 0. The second-order valence-corrected chi connectivity index (χ2v) is 5.58. The van der Waals surface area contributed by atoms with E-state index in [0.717, 1.165) is 0 Å². The third kappa shape index (κ3) is 5.96. The van der Waals surface area contributed by atoms with Gasteiger partial charge in [0.2, 0.25) is 5.91 Å². The maximum atomic E-state index is 12.7. The van der Waals surface area contributed by atoms with Crippen LogP contribution < -0.4 is 10.1 Å². The number of hydrogen-bond donors (Lipinski definition) is 1. The van der Waals surface area contributed by atoms with E-state index >= 15 is 0 Å². The SMILES string of the molecule is CCOC(=O)Cc1csc(NC(=O)CCOc2ccc(F)cc2)n1. The molecule has 0 aliphatic carbocycles. The zero-order valence-electron chi connectivity index (χ0n) is 13.1. The predicted molar refractivity (Wildman–Crippen MR) is 87.6 cm³/mol. The molecule has 1 aromatic carbocycles. The summed E-state index contributed by atoms with van der Waals surface area (Å²) < 4.78 is 22.9. The summed E-state index contributed by atoms with van der Waals surface area (Å²) in [6.07, 6.45) is 0.206. The minimum Gasteiger partial charge on any atom is -0.493 e. The molecule has 0 saturated carbocycles. The van der Waals surface area contributed by atoms with E-state index in [1.807, 2.05) is 0 Å². The van der Waals surface area contributed by atoms with Crippen molar-refractivity contribution in [3.63, 3.8) is 0 Å². The van der Waals surface area contributed by atoms with Crippen molar-refractivity contribution in [3.8, 4) is 5.75 Å². The summed E-state index contributed by atoms with van der Waals surface area (Å²) in [5.74, 6) is -0.458. The fourth-order valence-corrected chi connectivity index (χ4v) is 2.51. The van der Waals surface area contributed by atoms with E-state index in [0.29, 0.717) is 23.2 Å². The van der Waals surface area contributed by atoms with Crippen molar-refractivity contribution in [2.75, 3.05) is 18.5 Å². The van der Waals surface area contributed by atoms with Gasteiger partial charge < -0.3 is 14.8 Å². The number of aromatic nitrogens is 1. The van der Waals surface area contributed by atoms with E-state index in [-0.39, 0.29) is 37.1 Å². The van der Waals surface area contributed by atoms with Gasteiger partial charge in [-0.25, -0.2) is 9.37 Å². The molecule has 1 N–H and O–H groups in total. The smallest absolute Gasteiger partial charge is 0.311 e. The number of hydrogen-bond acceptors (Lipinski definition) is 6. The average Bonchev–Trinajstić information content (AvgIpc) is 2.96. The van der Waals surface area contributed by atoms with Gasteiger partial charge in [0.25, 0.3) is 0 Å². The Bertz CT molecular complexity index is 688. The number of benzene rings is 1. The van der Waals surface area contributed by atoms with Gasteiger partial charge in [-0.2, -0.15) is 0 Å². The van der Waals surface area contributed by atoms with Crippen LogP contribution in [0.15, 0.2) is 29.6 Å². The minimum atomic E-state index is -0.353. The highest BCUT2D eigenvalue weighted by Gasteiger charge is 2.10. The number of amides is 1. The summed E-state index contributed by atoms with van der Waals surface area (Å²) in [6.45, 7) is 2.22. The number of halogens is 1. The van der Waals surface area contributed by atoms with Crippen LogP contribution >= 0.6 is 11.3 Å². The lowest BCUT2D eigenvalue weighted by Crippen LogP contribution is -2.15. The third-order valence-corrected chi connectivity index (χ3v) is 3.65. The molecule has 1 heterocycles. The molecule has 1 amide bonds. The van der Waals surface area contributed by atoms with Gasteiger partial charge in [-0.15, -0.1) is 11.3 Å². The molecule has 2 rings (SSSR count). The standard InChI is InChI=1S/C16H17FN2O4S/c1-2-22-15(21)9-12-10-24-16(18-12)19-14(20)7-8-23-13-5-3-11(17)4-6-13/h3-6,10H,2,7-9H2,1H3,(H,18,19,20). The van der Waals surface area contributed by atoms with Crippen LogP contribution in [-0.2, 0) is 20.7 Å². The van der Waals surface area contributed by atoms with Gasteiger partial charge in [0, 0.05) is 5.38 Å². The van der Waals surface area contributed by atoms with Crippen LogP contribution in [0, 0.1) is 5.82 Å². The molecule has 0 fully saturated rings. The number of nitrogens with zero attached hydrogens (tertiary/aromatic N) is 1. The molecule has 1 aromatic heterocycles. The van der Waals surface area contributed by atoms with Crippen LogP contribution in [0.3, 0.4) is 0 Å². The van der Waals surface area contributed by atoms with Crippen molar-refractivity contribution in [1.29, 1.82) is 0 Å². The minimum absolute atomic E-state index is 0.0773. The van der Waals surface area contributed by atoms with E-state index in [1.54, 1.807) is 12.3 Å². The van der Waals surface area contributed by atoms with E-state index in [2.05, 4.69) is 10.3 Å². The van der Waals surface area contributed by atoms with Crippen LogP contribution in [0.1, 0.15) is 19.0 Å². The van der Waals surface area contributed by atoms with Gasteiger partial charge in [-0.05, 0) is 31.2 Å². The zero-order chi connectivity index (χ0) is 17.4. The van der Waals surface area contributed by atoms with Crippen LogP contribution in [-0.4, -0.2) is 30.1 Å². The van der Waals surface area contributed by atoms with Crippen molar-refractivity contribution in [2.45, 2.75) is 19.8 Å². The molecule has 0 saturated heterocycles. The van der Waals surface area contributed by atoms with Gasteiger partial charge in [0.05, 0.1) is 31.7 Å². The average molecular weight is 352 g/mol. The van der Waals surface area contributed by atoms with Gasteiger partial charge in [-0.1, -0.05) is 0 Å². The van der Waals surface area contributed by atoms with Crippen LogP contribution in [0.2, 0.25) is 0 Å². The number of carbonyl (C=O) groups excluding carboxylic acids is 2. The second kappa shape index (κ2) is 8.97. The maximum absolute atomic E-state index is 12.7. The quantitative estimate of drug-likeness (QED) is 0.739. The van der Waals surface area contributed by atoms with Crippen molar-refractivity contribution in [3.05, 3.63) is 41.2 Å². The Hall–Kier alpha value is -2.48. The number of ether oxygens (including phenoxy) is 2. The molecule has 0 atom stereocenters. The van der Waals surface area contributed by atoms with Gasteiger partial charge in [0.1, 0.15) is 11.6 Å². The molecule has 8 heteroatoms. The fraction of sp³-hybridized carbons (Fsp3) is 0.312. The lowest BCUT2D eigenvalue weighted by Gasteiger charge is -2.05. The van der Waals surface area contributed by atoms with Crippen molar-refractivity contribution < 1.29 is 23.5 Å². The van der Waals surface area contributed by atoms with Crippen LogP contribution in [0.25, 0.3) is 0 Å². The predicted octanol–water partition coefficient (Wildman–Crippen LogP) is 2.80. The summed E-state index contributed by atoms with van der Waals surface area (Å²) in [6, 6.07) is 5.57. The maximum Gasteiger partial charge on any atom is 0.311 e. The van der Waals surface area contributed by atoms with Crippen molar-refractivity contribution in [2.24, 2.45) is 0 Å². The van der Waals surface area contributed by atoms with E-state index < -0.39 is 0 Å². The number of rotatable bonds is 8. The Morgan fingerprint density at radius 3 is 2.75 bits per heavy atom. The summed E-state index contributed by atoms with van der Waals surface area (Å²) in [4.78, 5) is 27.3. The first-order valence-corrected chi connectivity index (χ1v) is 8.23. The van der Waals surface area contributed by atoms with Gasteiger partial charge in [0.15, 0.2) is 5.13 Å². The van der Waals surface area contributed by atoms with Crippen LogP contribution in [0.5, 0.6) is 5.75 Å². The van der Waals surface area contributed by atoms with Gasteiger partial charge >= 0.3 is 5.97 Å². The van der Waals surface area contributed by atoms with Crippen molar-refractivity contribution in [1.82, 2.24) is 4.98 Å². The molecule has 0 bridgehead atoms. The van der Waals surface area contributed by atoms with Crippen LogP contribution in [0.4, 0.5) is 9.52 Å². The molecule has 0 radical (unpaired) electrons. The Labute approximate surface area is 142 Å². The Morgan fingerprint density at radius 2 is 2.04 bits per heavy atom. The van der Waals surface area contributed by atoms with Crippen molar-refractivity contribution >= 4 is 28.3 Å². The number of anilines is 1. The topological polar surface area (TPSA) is 77.5 Å². The molecule has 6 nitrogen and oxygen atoms in total. The molecule has 128 valence electrons. The second-order valence-electron chi connectivity index (χ2n) is 4.73. The normalized spacial score (nSPS) is 10.2. The first-order valence-electron chi connectivity index (χ1n) is 7.35. The molecule has 0 unspecified atom stereocenters. The number of carbonyl (C=O) groups is 2. The van der Waals surface area contributed by atoms with Gasteiger partial charge in [-0.3, -0.25) is 9.59 Å².